The zero-order chi connectivity index (χ0) is 10.7. The molecule has 0 saturated heterocycles. The van der Waals surface area contributed by atoms with Crippen LogP contribution < -0.4 is 5.32 Å². The van der Waals surface area contributed by atoms with Gasteiger partial charge in [-0.15, -0.1) is 0 Å². The van der Waals surface area contributed by atoms with Crippen molar-refractivity contribution in [2.45, 2.75) is 31.7 Å². The van der Waals surface area contributed by atoms with Crippen LogP contribution in [0.2, 0.25) is 0 Å². The summed E-state index contributed by atoms with van der Waals surface area (Å²) in [5, 5.41) is 12.8. The quantitative estimate of drug-likeness (QED) is 0.793. The van der Waals surface area contributed by atoms with Crippen molar-refractivity contribution in [3.05, 3.63) is 29.8 Å². The molecule has 1 aromatic rings. The predicted molar refractivity (Wildman–Crippen MR) is 62.0 cm³/mol. The molecule has 1 fully saturated rings. The van der Waals surface area contributed by atoms with E-state index in [1.54, 1.807) is 6.07 Å². The molecule has 2 heteroatoms. The predicted octanol–water partition coefficient (Wildman–Crippen LogP) is 2.32. The third-order valence-corrected chi connectivity index (χ3v) is 3.44. The third kappa shape index (κ3) is 2.51. The molecule has 0 spiro atoms. The number of nitrogens with one attached hydrogen (secondary N) is 1. The zero-order valence-corrected chi connectivity index (χ0v) is 9.24. The van der Waals surface area contributed by atoms with Gasteiger partial charge in [0, 0.05) is 6.04 Å². The maximum absolute atomic E-state index is 9.39. The van der Waals surface area contributed by atoms with E-state index in [-0.39, 0.29) is 0 Å². The van der Waals surface area contributed by atoms with Crippen molar-refractivity contribution in [1.29, 1.82) is 0 Å². The van der Waals surface area contributed by atoms with Gasteiger partial charge >= 0.3 is 0 Å². The van der Waals surface area contributed by atoms with Crippen LogP contribution in [-0.4, -0.2) is 18.2 Å². The van der Waals surface area contributed by atoms with Crippen LogP contribution in [0.3, 0.4) is 0 Å². The summed E-state index contributed by atoms with van der Waals surface area (Å²) in [6, 6.07) is 8.30. The Bertz CT molecular complexity index is 324. The normalized spacial score (nSPS) is 25.7. The first kappa shape index (κ1) is 10.5. The van der Waals surface area contributed by atoms with Crippen molar-refractivity contribution in [2.24, 2.45) is 5.92 Å². The van der Waals surface area contributed by atoms with E-state index in [0.717, 1.165) is 12.3 Å². The minimum Gasteiger partial charge on any atom is -0.508 e. The van der Waals surface area contributed by atoms with Crippen LogP contribution >= 0.6 is 0 Å². The number of hydrogen-bond donors (Lipinski definition) is 2. The highest BCUT2D eigenvalue weighted by molar-refractivity contribution is 5.27. The lowest BCUT2D eigenvalue weighted by molar-refractivity contribution is 0.422. The molecule has 1 aliphatic carbocycles. The summed E-state index contributed by atoms with van der Waals surface area (Å²) in [6.07, 6.45) is 5.01. The first-order valence-corrected chi connectivity index (χ1v) is 5.75. The number of phenols is 1. The summed E-state index contributed by atoms with van der Waals surface area (Å²) in [5.74, 6) is 1.11. The number of hydrogen-bond acceptors (Lipinski definition) is 2. The summed E-state index contributed by atoms with van der Waals surface area (Å²) >= 11 is 0. The monoisotopic (exact) mass is 205 g/mol. The first-order valence-electron chi connectivity index (χ1n) is 5.75. The molecule has 2 N–H and O–H groups in total. The standard InChI is InChI=1S/C13H19NO/c1-14-13-7-3-5-11(13)8-10-4-2-6-12(15)9-10/h2,4,6,9,11,13-15H,3,5,7-8H2,1H3. The van der Waals surface area contributed by atoms with Gasteiger partial charge in [0.2, 0.25) is 0 Å². The molecule has 2 nitrogen and oxygen atoms in total. The van der Waals surface area contributed by atoms with Gasteiger partial charge in [-0.1, -0.05) is 18.6 Å². The average Bonchev–Trinajstić information content (AvgIpc) is 2.65. The summed E-state index contributed by atoms with van der Waals surface area (Å²) in [6.45, 7) is 0. The molecule has 82 valence electrons. The second-order valence-electron chi connectivity index (χ2n) is 4.46. The number of benzene rings is 1. The minimum atomic E-state index is 0.381. The van der Waals surface area contributed by atoms with Crippen molar-refractivity contribution >= 4 is 0 Å². The fraction of sp³-hybridized carbons (Fsp3) is 0.538. The van der Waals surface area contributed by atoms with Crippen LogP contribution in [0, 0.1) is 5.92 Å². The van der Waals surface area contributed by atoms with Gasteiger partial charge in [-0.05, 0) is 49.9 Å². The molecule has 0 aromatic heterocycles. The lowest BCUT2D eigenvalue weighted by atomic mass is 9.94. The van der Waals surface area contributed by atoms with Crippen molar-refractivity contribution < 1.29 is 5.11 Å². The van der Waals surface area contributed by atoms with Crippen LogP contribution in [0.15, 0.2) is 24.3 Å². The topological polar surface area (TPSA) is 32.3 Å². The molecule has 1 aliphatic rings. The number of aromatic hydroxyl groups is 1. The van der Waals surface area contributed by atoms with E-state index in [9.17, 15) is 5.11 Å². The molecule has 15 heavy (non-hydrogen) atoms. The van der Waals surface area contributed by atoms with Gasteiger partial charge in [0.1, 0.15) is 5.75 Å². The summed E-state index contributed by atoms with van der Waals surface area (Å²) in [7, 11) is 2.05. The van der Waals surface area contributed by atoms with Crippen LogP contribution in [0.1, 0.15) is 24.8 Å². The maximum atomic E-state index is 9.39. The highest BCUT2D eigenvalue weighted by Crippen LogP contribution is 2.29. The SMILES string of the molecule is CNC1CCCC1Cc1cccc(O)c1. The van der Waals surface area contributed by atoms with Crippen molar-refractivity contribution in [1.82, 2.24) is 5.32 Å². The summed E-state index contributed by atoms with van der Waals surface area (Å²) in [4.78, 5) is 0. The minimum absolute atomic E-state index is 0.381. The Labute approximate surface area is 91.3 Å². The lowest BCUT2D eigenvalue weighted by Gasteiger charge is -2.18. The van der Waals surface area contributed by atoms with Gasteiger partial charge in [0.15, 0.2) is 0 Å². The lowest BCUT2D eigenvalue weighted by Crippen LogP contribution is -2.29. The van der Waals surface area contributed by atoms with E-state index in [2.05, 4.69) is 11.4 Å². The smallest absolute Gasteiger partial charge is 0.115 e. The Hall–Kier alpha value is -1.02. The highest BCUT2D eigenvalue weighted by atomic mass is 16.3. The largest absolute Gasteiger partial charge is 0.508 e. The van der Waals surface area contributed by atoms with E-state index in [4.69, 9.17) is 0 Å². The molecule has 0 aliphatic heterocycles. The van der Waals surface area contributed by atoms with Crippen LogP contribution in [0.5, 0.6) is 5.75 Å². The molecule has 0 bridgehead atoms. The molecular weight excluding hydrogens is 186 g/mol. The fourth-order valence-corrected chi connectivity index (χ4v) is 2.65. The van der Waals surface area contributed by atoms with E-state index in [1.165, 1.54) is 24.8 Å². The molecule has 2 unspecified atom stereocenters. The first-order chi connectivity index (χ1) is 7.29. The Kier molecular flexibility index (Phi) is 3.27. The number of phenolic OH excluding ortho intramolecular Hbond substituents is 1. The molecular formula is C13H19NO. The van der Waals surface area contributed by atoms with E-state index >= 15 is 0 Å². The zero-order valence-electron chi connectivity index (χ0n) is 9.24. The average molecular weight is 205 g/mol. The molecule has 0 heterocycles. The molecule has 0 radical (unpaired) electrons. The Morgan fingerprint density at radius 2 is 2.27 bits per heavy atom. The van der Waals surface area contributed by atoms with Gasteiger partial charge in [-0.25, -0.2) is 0 Å². The summed E-state index contributed by atoms with van der Waals surface area (Å²) in [5.41, 5.74) is 1.25. The van der Waals surface area contributed by atoms with Gasteiger partial charge < -0.3 is 10.4 Å². The molecule has 1 aromatic carbocycles. The van der Waals surface area contributed by atoms with Crippen molar-refractivity contribution in [3.63, 3.8) is 0 Å². The second-order valence-corrected chi connectivity index (χ2v) is 4.46. The van der Waals surface area contributed by atoms with Crippen molar-refractivity contribution in [3.8, 4) is 5.75 Å². The molecule has 0 amide bonds. The van der Waals surface area contributed by atoms with E-state index in [0.29, 0.717) is 11.8 Å². The van der Waals surface area contributed by atoms with E-state index in [1.807, 2.05) is 19.2 Å². The molecule has 2 atom stereocenters. The van der Waals surface area contributed by atoms with E-state index < -0.39 is 0 Å². The Balaban J connectivity index is 2.02. The van der Waals surface area contributed by atoms with Crippen LogP contribution in [-0.2, 0) is 6.42 Å². The Morgan fingerprint density at radius 3 is 3.00 bits per heavy atom. The molecule has 1 saturated carbocycles. The van der Waals surface area contributed by atoms with Gasteiger partial charge in [0.25, 0.3) is 0 Å². The van der Waals surface area contributed by atoms with Crippen LogP contribution in [0.25, 0.3) is 0 Å². The number of rotatable bonds is 3. The van der Waals surface area contributed by atoms with Crippen LogP contribution in [0.4, 0.5) is 0 Å². The maximum Gasteiger partial charge on any atom is 0.115 e. The van der Waals surface area contributed by atoms with Gasteiger partial charge in [-0.3, -0.25) is 0 Å². The second kappa shape index (κ2) is 4.67. The Morgan fingerprint density at radius 1 is 1.40 bits per heavy atom. The van der Waals surface area contributed by atoms with Crippen molar-refractivity contribution in [2.75, 3.05) is 7.05 Å². The highest BCUT2D eigenvalue weighted by Gasteiger charge is 2.25. The summed E-state index contributed by atoms with van der Waals surface area (Å²) < 4.78 is 0. The van der Waals surface area contributed by atoms with Gasteiger partial charge in [-0.2, -0.15) is 0 Å². The fourth-order valence-electron chi connectivity index (χ4n) is 2.65. The molecule has 2 rings (SSSR count). The third-order valence-electron chi connectivity index (χ3n) is 3.44. The van der Waals surface area contributed by atoms with Gasteiger partial charge in [0.05, 0.1) is 0 Å².